The number of carbonyl (C=O) groups is 4. The predicted octanol–water partition coefficient (Wildman–Crippen LogP) is 3.45. The van der Waals surface area contributed by atoms with Crippen LogP contribution in [0, 0.1) is 5.41 Å². The Kier molecular flexibility index (Phi) is 6.03. The topological polar surface area (TPSA) is 105 Å². The Morgan fingerprint density at radius 1 is 1.06 bits per heavy atom. The number of anilines is 1. The summed E-state index contributed by atoms with van der Waals surface area (Å²) >= 11 is 5.86. The van der Waals surface area contributed by atoms with Crippen LogP contribution in [0.25, 0.3) is 0 Å². The lowest BCUT2D eigenvalue weighted by atomic mass is 9.96. The first-order chi connectivity index (χ1) is 14.5. The van der Waals surface area contributed by atoms with E-state index in [4.69, 9.17) is 16.3 Å². The van der Waals surface area contributed by atoms with Gasteiger partial charge in [-0.2, -0.15) is 0 Å². The Labute approximate surface area is 184 Å². The second-order valence-corrected chi connectivity index (χ2v) is 8.46. The zero-order valence-corrected chi connectivity index (χ0v) is 18.2. The number of hydrogen-bond acceptors (Lipinski definition) is 5. The van der Waals surface area contributed by atoms with Crippen molar-refractivity contribution in [3.8, 4) is 5.75 Å². The number of methoxy groups -OCH3 is 1. The van der Waals surface area contributed by atoms with Gasteiger partial charge < -0.3 is 10.1 Å². The molecule has 0 aliphatic carbocycles. The van der Waals surface area contributed by atoms with Crippen molar-refractivity contribution in [3.05, 3.63) is 58.6 Å². The Hall–Kier alpha value is -3.39. The lowest BCUT2D eigenvalue weighted by Gasteiger charge is -2.21. The third-order valence-electron chi connectivity index (χ3n) is 4.74. The van der Waals surface area contributed by atoms with Gasteiger partial charge in [0, 0.05) is 21.6 Å². The van der Waals surface area contributed by atoms with Gasteiger partial charge in [0.25, 0.3) is 11.8 Å². The van der Waals surface area contributed by atoms with E-state index < -0.39 is 35.2 Å². The van der Waals surface area contributed by atoms with Crippen LogP contribution in [-0.4, -0.2) is 30.9 Å². The number of rotatable bonds is 3. The minimum absolute atomic E-state index is 0.256. The maximum absolute atomic E-state index is 13.1. The number of amides is 5. The third-order valence-corrected chi connectivity index (χ3v) is 4.99. The minimum atomic E-state index is -1.14. The fourth-order valence-corrected chi connectivity index (χ4v) is 3.11. The third kappa shape index (κ3) is 4.54. The van der Waals surface area contributed by atoms with Gasteiger partial charge >= 0.3 is 6.03 Å². The number of nitrogens with one attached hydrogen (secondary N) is 2. The second kappa shape index (κ2) is 8.39. The highest BCUT2D eigenvalue weighted by Gasteiger charge is 2.43. The average Bonchev–Trinajstić information content (AvgIpc) is 2.98. The van der Waals surface area contributed by atoms with Crippen molar-refractivity contribution in [2.24, 2.45) is 5.41 Å². The molecule has 0 spiro atoms. The monoisotopic (exact) mass is 443 g/mol. The van der Waals surface area contributed by atoms with Crippen LogP contribution < -0.4 is 20.3 Å². The van der Waals surface area contributed by atoms with Gasteiger partial charge in [-0.1, -0.05) is 32.4 Å². The van der Waals surface area contributed by atoms with Crippen molar-refractivity contribution in [2.45, 2.75) is 26.8 Å². The van der Waals surface area contributed by atoms with E-state index in [0.29, 0.717) is 21.9 Å². The standard InChI is InChI=1S/C22H22ClN3O5/c1-22(2,3)20(29)25-21(30)26-16-10-9-14(31-4)11-15(16)17(19(26)28)24-18(27)12-5-7-13(23)8-6-12/h5-11,17H,1-4H3,(H,24,27)(H,25,29,30). The number of urea groups is 1. The number of imide groups is 2. The number of hydrogen-bond donors (Lipinski definition) is 2. The van der Waals surface area contributed by atoms with Gasteiger partial charge in [-0.15, -0.1) is 0 Å². The van der Waals surface area contributed by atoms with Crippen LogP contribution >= 0.6 is 11.6 Å². The van der Waals surface area contributed by atoms with Crippen LogP contribution in [0.3, 0.4) is 0 Å². The molecule has 2 aromatic carbocycles. The average molecular weight is 444 g/mol. The lowest BCUT2D eigenvalue weighted by molar-refractivity contribution is -0.127. The Morgan fingerprint density at radius 3 is 2.29 bits per heavy atom. The molecule has 0 saturated carbocycles. The number of carbonyl (C=O) groups excluding carboxylic acids is 4. The molecule has 0 fully saturated rings. The minimum Gasteiger partial charge on any atom is -0.497 e. The Morgan fingerprint density at radius 2 is 1.71 bits per heavy atom. The van der Waals surface area contributed by atoms with Gasteiger partial charge in [-0.3, -0.25) is 19.7 Å². The molecule has 1 atom stereocenters. The Balaban J connectivity index is 1.93. The molecule has 0 bridgehead atoms. The molecule has 1 heterocycles. The van der Waals surface area contributed by atoms with E-state index in [1.165, 1.54) is 25.3 Å². The molecule has 162 valence electrons. The van der Waals surface area contributed by atoms with E-state index in [-0.39, 0.29) is 5.69 Å². The van der Waals surface area contributed by atoms with Crippen LogP contribution in [0.2, 0.25) is 5.02 Å². The molecule has 31 heavy (non-hydrogen) atoms. The van der Waals surface area contributed by atoms with Crippen molar-refractivity contribution < 1.29 is 23.9 Å². The Bertz CT molecular complexity index is 1060. The zero-order chi connectivity index (χ0) is 22.9. The van der Waals surface area contributed by atoms with Crippen molar-refractivity contribution in [2.75, 3.05) is 12.0 Å². The van der Waals surface area contributed by atoms with Crippen LogP contribution in [0.15, 0.2) is 42.5 Å². The summed E-state index contributed by atoms with van der Waals surface area (Å²) < 4.78 is 5.22. The van der Waals surface area contributed by atoms with Crippen LogP contribution in [-0.2, 0) is 9.59 Å². The molecule has 2 N–H and O–H groups in total. The van der Waals surface area contributed by atoms with Gasteiger partial charge in [-0.05, 0) is 42.5 Å². The molecular weight excluding hydrogens is 422 g/mol. The molecule has 9 heteroatoms. The molecule has 0 radical (unpaired) electrons. The van der Waals surface area contributed by atoms with Crippen molar-refractivity contribution in [1.82, 2.24) is 10.6 Å². The van der Waals surface area contributed by atoms with Gasteiger partial charge in [0.05, 0.1) is 12.8 Å². The van der Waals surface area contributed by atoms with Gasteiger partial charge in [0.15, 0.2) is 0 Å². The highest BCUT2D eigenvalue weighted by Crippen LogP contribution is 2.38. The first-order valence-electron chi connectivity index (χ1n) is 9.46. The number of benzene rings is 2. The second-order valence-electron chi connectivity index (χ2n) is 8.02. The first-order valence-corrected chi connectivity index (χ1v) is 9.84. The first kappa shape index (κ1) is 22.3. The fourth-order valence-electron chi connectivity index (χ4n) is 2.98. The van der Waals surface area contributed by atoms with E-state index in [0.717, 1.165) is 4.90 Å². The number of halogens is 1. The molecule has 3 rings (SSSR count). The summed E-state index contributed by atoms with van der Waals surface area (Å²) in [7, 11) is 1.46. The highest BCUT2D eigenvalue weighted by molar-refractivity contribution is 6.30. The molecule has 0 aromatic heterocycles. The SMILES string of the molecule is COc1ccc2c(c1)C(NC(=O)c1ccc(Cl)cc1)C(=O)N2C(=O)NC(=O)C(C)(C)C. The van der Waals surface area contributed by atoms with Crippen LogP contribution in [0.4, 0.5) is 10.5 Å². The van der Waals surface area contributed by atoms with Crippen molar-refractivity contribution in [3.63, 3.8) is 0 Å². The summed E-state index contributed by atoms with van der Waals surface area (Å²) in [6.45, 7) is 4.94. The smallest absolute Gasteiger partial charge is 0.335 e. The molecule has 0 saturated heterocycles. The number of fused-ring (bicyclic) bond motifs is 1. The maximum atomic E-state index is 13.1. The lowest BCUT2D eigenvalue weighted by Crippen LogP contribution is -2.49. The highest BCUT2D eigenvalue weighted by atomic mass is 35.5. The van der Waals surface area contributed by atoms with E-state index in [2.05, 4.69) is 10.6 Å². The number of ether oxygens (including phenoxy) is 1. The molecule has 2 aromatic rings. The van der Waals surface area contributed by atoms with Crippen LogP contribution in [0.5, 0.6) is 5.75 Å². The zero-order valence-electron chi connectivity index (χ0n) is 17.5. The van der Waals surface area contributed by atoms with Crippen molar-refractivity contribution in [1.29, 1.82) is 0 Å². The summed E-state index contributed by atoms with van der Waals surface area (Å²) in [4.78, 5) is 51.7. The van der Waals surface area contributed by atoms with Crippen LogP contribution in [0.1, 0.15) is 42.7 Å². The van der Waals surface area contributed by atoms with E-state index in [1.54, 1.807) is 45.0 Å². The molecule has 1 unspecified atom stereocenters. The van der Waals surface area contributed by atoms with E-state index in [9.17, 15) is 19.2 Å². The maximum Gasteiger partial charge on any atom is 0.335 e. The predicted molar refractivity (Wildman–Crippen MR) is 115 cm³/mol. The molecule has 8 nitrogen and oxygen atoms in total. The molecule has 1 aliphatic rings. The molecular formula is C22H22ClN3O5. The molecule has 5 amide bonds. The quantitative estimate of drug-likeness (QED) is 0.756. The summed E-state index contributed by atoms with van der Waals surface area (Å²) in [5.74, 6) is -1.29. The van der Waals surface area contributed by atoms with E-state index in [1.807, 2.05) is 0 Å². The van der Waals surface area contributed by atoms with E-state index >= 15 is 0 Å². The normalized spacial score (nSPS) is 15.3. The summed E-state index contributed by atoms with van der Waals surface area (Å²) in [5.41, 5.74) is 0.104. The summed E-state index contributed by atoms with van der Waals surface area (Å²) in [6, 6.07) is 8.82. The van der Waals surface area contributed by atoms with Gasteiger partial charge in [-0.25, -0.2) is 9.69 Å². The van der Waals surface area contributed by atoms with Crippen molar-refractivity contribution >= 4 is 41.0 Å². The summed E-state index contributed by atoms with van der Waals surface area (Å²) in [5, 5.41) is 5.36. The summed E-state index contributed by atoms with van der Waals surface area (Å²) in [6.07, 6.45) is 0. The van der Waals surface area contributed by atoms with Gasteiger partial charge in [0.2, 0.25) is 5.91 Å². The number of nitrogens with zero attached hydrogens (tertiary/aromatic N) is 1. The molecule has 1 aliphatic heterocycles. The largest absolute Gasteiger partial charge is 0.497 e. The fraction of sp³-hybridized carbons (Fsp3) is 0.273. The van der Waals surface area contributed by atoms with Gasteiger partial charge in [0.1, 0.15) is 11.8 Å².